The average molecular weight is 445 g/mol. The van der Waals surface area contributed by atoms with E-state index in [0.29, 0.717) is 22.7 Å². The van der Waals surface area contributed by atoms with Crippen LogP contribution in [0.5, 0.6) is 0 Å². The van der Waals surface area contributed by atoms with Crippen LogP contribution in [0, 0.1) is 0 Å². The van der Waals surface area contributed by atoms with Gasteiger partial charge in [-0.25, -0.2) is 0 Å². The van der Waals surface area contributed by atoms with E-state index in [0.717, 1.165) is 53.7 Å². The number of rotatable bonds is 3. The molecule has 2 aliphatic rings. The molecular formula is C22H22Cl2N4O2. The Morgan fingerprint density at radius 1 is 1.10 bits per heavy atom. The highest BCUT2D eigenvalue weighted by Gasteiger charge is 2.26. The monoisotopic (exact) mass is 444 g/mol. The Morgan fingerprint density at radius 3 is 2.70 bits per heavy atom. The third-order valence-electron chi connectivity index (χ3n) is 5.76. The molecule has 1 saturated heterocycles. The number of amides is 2. The minimum absolute atomic E-state index is 0. The molecule has 2 aromatic carbocycles. The summed E-state index contributed by atoms with van der Waals surface area (Å²) < 4.78 is 0. The van der Waals surface area contributed by atoms with E-state index in [-0.39, 0.29) is 30.3 Å². The van der Waals surface area contributed by atoms with Gasteiger partial charge < -0.3 is 20.9 Å². The van der Waals surface area contributed by atoms with Crippen molar-refractivity contribution in [3.63, 3.8) is 0 Å². The van der Waals surface area contributed by atoms with Gasteiger partial charge in [0.15, 0.2) is 0 Å². The first kappa shape index (κ1) is 20.7. The van der Waals surface area contributed by atoms with Crippen LogP contribution < -0.4 is 16.0 Å². The second-order valence-corrected chi connectivity index (χ2v) is 8.02. The number of halogens is 2. The highest BCUT2D eigenvalue weighted by atomic mass is 35.5. The van der Waals surface area contributed by atoms with Gasteiger partial charge in [0.2, 0.25) is 0 Å². The van der Waals surface area contributed by atoms with E-state index in [4.69, 9.17) is 11.6 Å². The molecule has 0 spiro atoms. The maximum Gasteiger partial charge on any atom is 0.252 e. The maximum atomic E-state index is 12.7. The summed E-state index contributed by atoms with van der Waals surface area (Å²) in [4.78, 5) is 28.3. The number of nitrogens with one attached hydrogen (secondary N) is 4. The van der Waals surface area contributed by atoms with Crippen LogP contribution in [0.15, 0.2) is 36.4 Å². The molecule has 2 aliphatic heterocycles. The lowest BCUT2D eigenvalue weighted by Gasteiger charge is -2.23. The Morgan fingerprint density at radius 2 is 1.90 bits per heavy atom. The number of piperidine rings is 1. The number of aromatic nitrogens is 1. The number of hydrogen-bond donors (Lipinski definition) is 4. The lowest BCUT2D eigenvalue weighted by atomic mass is 10.0. The second-order valence-electron chi connectivity index (χ2n) is 7.61. The van der Waals surface area contributed by atoms with E-state index < -0.39 is 0 Å². The van der Waals surface area contributed by atoms with E-state index in [2.05, 4.69) is 20.9 Å². The molecular weight excluding hydrogens is 423 g/mol. The zero-order valence-corrected chi connectivity index (χ0v) is 17.8. The summed E-state index contributed by atoms with van der Waals surface area (Å²) in [7, 11) is 0. The smallest absolute Gasteiger partial charge is 0.252 e. The summed E-state index contributed by atoms with van der Waals surface area (Å²) >= 11 is 6.26. The van der Waals surface area contributed by atoms with Crippen LogP contribution in [-0.2, 0) is 6.54 Å². The molecule has 4 N–H and O–H groups in total. The van der Waals surface area contributed by atoms with E-state index >= 15 is 0 Å². The van der Waals surface area contributed by atoms with Crippen LogP contribution in [0.1, 0.15) is 39.1 Å². The average Bonchev–Trinajstić information content (AvgIpc) is 3.33. The molecule has 0 atom stereocenters. The standard InChI is InChI=1S/C22H21ClN4O2.ClH/c23-17-3-2-15(20-16(17)11-25-22(20)29)19-10-13-9-12(1-4-18(13)27-19)21(28)26-14-5-7-24-8-6-14;/h1-4,9-10,14,24,27H,5-8,11H2,(H,25,29)(H,26,28);1H. The summed E-state index contributed by atoms with van der Waals surface area (Å²) in [5.41, 5.74) is 4.65. The van der Waals surface area contributed by atoms with Crippen molar-refractivity contribution in [2.75, 3.05) is 13.1 Å². The van der Waals surface area contributed by atoms with Crippen molar-refractivity contribution < 1.29 is 9.59 Å². The molecule has 156 valence electrons. The molecule has 0 aliphatic carbocycles. The minimum atomic E-state index is -0.113. The van der Waals surface area contributed by atoms with Crippen molar-refractivity contribution in [1.29, 1.82) is 0 Å². The summed E-state index contributed by atoms with van der Waals surface area (Å²) in [5.74, 6) is -0.161. The van der Waals surface area contributed by atoms with E-state index in [1.165, 1.54) is 0 Å². The SMILES string of the molecule is Cl.O=C(NC1CCNCC1)c1ccc2[nH]c(-c3ccc(Cl)c4c3C(=O)NC4)cc2c1. The maximum absolute atomic E-state index is 12.7. The number of hydrogen-bond acceptors (Lipinski definition) is 3. The molecule has 6 nitrogen and oxygen atoms in total. The number of carbonyl (C=O) groups is 2. The summed E-state index contributed by atoms with van der Waals surface area (Å²) in [6, 6.07) is 11.5. The van der Waals surface area contributed by atoms with Crippen LogP contribution in [0.25, 0.3) is 22.2 Å². The first-order valence-corrected chi connectivity index (χ1v) is 10.2. The first-order chi connectivity index (χ1) is 14.1. The van der Waals surface area contributed by atoms with Crippen molar-refractivity contribution in [2.45, 2.75) is 25.4 Å². The number of H-pyrrole nitrogens is 1. The van der Waals surface area contributed by atoms with Crippen molar-refractivity contribution in [2.24, 2.45) is 0 Å². The number of fused-ring (bicyclic) bond motifs is 2. The van der Waals surface area contributed by atoms with Gasteiger partial charge in [-0.05, 0) is 56.3 Å². The fourth-order valence-corrected chi connectivity index (χ4v) is 4.41. The van der Waals surface area contributed by atoms with Gasteiger partial charge >= 0.3 is 0 Å². The van der Waals surface area contributed by atoms with E-state index in [1.807, 2.05) is 36.4 Å². The topological polar surface area (TPSA) is 86.0 Å². The molecule has 5 rings (SSSR count). The van der Waals surface area contributed by atoms with Gasteiger partial charge in [0.25, 0.3) is 11.8 Å². The zero-order chi connectivity index (χ0) is 20.0. The predicted octanol–water partition coefficient (Wildman–Crippen LogP) is 3.64. The van der Waals surface area contributed by atoms with Crippen molar-refractivity contribution >= 4 is 46.7 Å². The Balaban J connectivity index is 0.00000218. The number of aromatic amines is 1. The van der Waals surface area contributed by atoms with Crippen molar-refractivity contribution in [3.05, 3.63) is 58.1 Å². The van der Waals surface area contributed by atoms with Gasteiger partial charge in [-0.15, -0.1) is 12.4 Å². The Bertz CT molecular complexity index is 1140. The van der Waals surface area contributed by atoms with Crippen LogP contribution in [-0.4, -0.2) is 35.9 Å². The molecule has 0 saturated carbocycles. The normalized spacial score (nSPS) is 16.1. The fourth-order valence-electron chi connectivity index (χ4n) is 4.19. The van der Waals surface area contributed by atoms with Crippen LogP contribution in [0.2, 0.25) is 5.02 Å². The van der Waals surface area contributed by atoms with Crippen molar-refractivity contribution in [1.82, 2.24) is 20.9 Å². The quantitative estimate of drug-likeness (QED) is 0.497. The molecule has 1 fully saturated rings. The zero-order valence-electron chi connectivity index (χ0n) is 16.2. The molecule has 8 heteroatoms. The molecule has 1 aromatic heterocycles. The highest BCUT2D eigenvalue weighted by molar-refractivity contribution is 6.32. The predicted molar refractivity (Wildman–Crippen MR) is 121 cm³/mol. The molecule has 30 heavy (non-hydrogen) atoms. The van der Waals surface area contributed by atoms with Gasteiger partial charge in [-0.2, -0.15) is 0 Å². The molecule has 0 unspecified atom stereocenters. The van der Waals surface area contributed by atoms with E-state index in [1.54, 1.807) is 0 Å². The molecule has 2 amide bonds. The summed E-state index contributed by atoms with van der Waals surface area (Å²) in [5, 5.41) is 10.8. The molecule has 3 heterocycles. The van der Waals surface area contributed by atoms with Gasteiger partial charge in [0, 0.05) is 50.9 Å². The Hall–Kier alpha value is -2.54. The Labute approximate surface area is 185 Å². The third kappa shape index (κ3) is 3.67. The number of benzene rings is 2. The van der Waals surface area contributed by atoms with Gasteiger partial charge in [0.05, 0.1) is 5.56 Å². The van der Waals surface area contributed by atoms with Crippen molar-refractivity contribution in [3.8, 4) is 11.3 Å². The lowest BCUT2D eigenvalue weighted by molar-refractivity contribution is 0.0928. The van der Waals surface area contributed by atoms with Crippen LogP contribution in [0.4, 0.5) is 0 Å². The molecule has 0 bridgehead atoms. The van der Waals surface area contributed by atoms with Gasteiger partial charge in [-0.1, -0.05) is 17.7 Å². The summed E-state index contributed by atoms with van der Waals surface area (Å²) in [6.07, 6.45) is 1.90. The second kappa shape index (κ2) is 8.30. The number of carbonyl (C=O) groups excluding carboxylic acids is 2. The Kier molecular flexibility index (Phi) is 5.73. The summed E-state index contributed by atoms with van der Waals surface area (Å²) in [6.45, 7) is 2.32. The molecule has 3 aromatic rings. The van der Waals surface area contributed by atoms with Gasteiger partial charge in [0.1, 0.15) is 0 Å². The van der Waals surface area contributed by atoms with E-state index in [9.17, 15) is 9.59 Å². The lowest BCUT2D eigenvalue weighted by Crippen LogP contribution is -2.42. The minimum Gasteiger partial charge on any atom is -0.355 e. The van der Waals surface area contributed by atoms with Crippen LogP contribution >= 0.6 is 24.0 Å². The highest BCUT2D eigenvalue weighted by Crippen LogP contribution is 2.34. The fraction of sp³-hybridized carbons (Fsp3) is 0.273. The molecule has 0 radical (unpaired) electrons. The third-order valence-corrected chi connectivity index (χ3v) is 6.11. The largest absolute Gasteiger partial charge is 0.355 e. The van der Waals surface area contributed by atoms with Gasteiger partial charge in [-0.3, -0.25) is 9.59 Å². The van der Waals surface area contributed by atoms with Crippen LogP contribution in [0.3, 0.4) is 0 Å². The first-order valence-electron chi connectivity index (χ1n) is 9.84.